The maximum atomic E-state index is 12.0. The topological polar surface area (TPSA) is 41.6 Å². The highest BCUT2D eigenvalue weighted by Crippen LogP contribution is 2.22. The molecule has 1 amide bonds. The molecule has 5 heteroatoms. The van der Waals surface area contributed by atoms with Crippen molar-refractivity contribution in [2.45, 2.75) is 32.8 Å². The van der Waals surface area contributed by atoms with E-state index in [1.807, 2.05) is 45.0 Å². The van der Waals surface area contributed by atoms with Crippen molar-refractivity contribution >= 4 is 27.7 Å². The average molecular weight is 367 g/mol. The van der Waals surface area contributed by atoms with Gasteiger partial charge in [-0.15, -0.1) is 0 Å². The summed E-state index contributed by atoms with van der Waals surface area (Å²) < 4.78 is 6.45. The summed E-state index contributed by atoms with van der Waals surface area (Å²) in [6, 6.07) is 8.06. The van der Waals surface area contributed by atoms with Gasteiger partial charge in [-0.05, 0) is 55.3 Å². The van der Waals surface area contributed by atoms with Crippen LogP contribution in [-0.2, 0) is 4.74 Å². The second-order valence-electron chi connectivity index (χ2n) is 6.37. The molecule has 120 valence electrons. The molecule has 1 N–H and O–H groups in total. The van der Waals surface area contributed by atoms with E-state index in [0.717, 1.165) is 23.1 Å². The van der Waals surface area contributed by atoms with Crippen LogP contribution in [0.25, 0.3) is 0 Å². The molecular weight excluding hydrogens is 344 g/mol. The Morgan fingerprint density at radius 2 is 2.09 bits per heavy atom. The van der Waals surface area contributed by atoms with Gasteiger partial charge < -0.3 is 15.0 Å². The fraction of sp³-hybridized carbons (Fsp3) is 0.471. The first kappa shape index (κ1) is 16.9. The minimum absolute atomic E-state index is 0.235. The molecule has 1 aromatic rings. The van der Waals surface area contributed by atoms with E-state index in [0.29, 0.717) is 13.1 Å². The maximum Gasteiger partial charge on any atom is 0.410 e. The number of carbonyl (C=O) groups excluding carboxylic acids is 1. The van der Waals surface area contributed by atoms with E-state index in [1.165, 1.54) is 5.57 Å². The van der Waals surface area contributed by atoms with Gasteiger partial charge in [0.2, 0.25) is 0 Å². The molecule has 0 spiro atoms. The Labute approximate surface area is 140 Å². The minimum Gasteiger partial charge on any atom is -0.444 e. The molecule has 0 bridgehead atoms. The third-order valence-electron chi connectivity index (χ3n) is 3.33. The molecule has 2 rings (SSSR count). The zero-order valence-corrected chi connectivity index (χ0v) is 14.9. The van der Waals surface area contributed by atoms with Gasteiger partial charge in [0.1, 0.15) is 5.60 Å². The summed E-state index contributed by atoms with van der Waals surface area (Å²) in [4.78, 5) is 13.7. The van der Waals surface area contributed by atoms with Gasteiger partial charge in [0.15, 0.2) is 0 Å². The molecule has 0 saturated heterocycles. The zero-order chi connectivity index (χ0) is 16.2. The number of nitrogens with zero attached hydrogens (tertiary/aromatic N) is 1. The van der Waals surface area contributed by atoms with E-state index in [-0.39, 0.29) is 6.09 Å². The average Bonchev–Trinajstić information content (AvgIpc) is 2.45. The van der Waals surface area contributed by atoms with Gasteiger partial charge in [-0.2, -0.15) is 0 Å². The lowest BCUT2D eigenvalue weighted by atomic mass is 10.1. The Morgan fingerprint density at radius 1 is 1.36 bits per heavy atom. The van der Waals surface area contributed by atoms with Crippen LogP contribution in [0.1, 0.15) is 27.2 Å². The minimum atomic E-state index is -0.442. The van der Waals surface area contributed by atoms with Gasteiger partial charge in [-0.1, -0.05) is 23.8 Å². The second-order valence-corrected chi connectivity index (χ2v) is 7.23. The van der Waals surface area contributed by atoms with Crippen LogP contribution in [0, 0.1) is 0 Å². The number of hydrogen-bond acceptors (Lipinski definition) is 3. The number of amides is 1. The first-order valence-electron chi connectivity index (χ1n) is 7.49. The van der Waals surface area contributed by atoms with Gasteiger partial charge >= 0.3 is 6.09 Å². The first-order chi connectivity index (χ1) is 10.3. The van der Waals surface area contributed by atoms with Crippen molar-refractivity contribution in [1.29, 1.82) is 0 Å². The molecule has 0 radical (unpaired) electrons. The zero-order valence-electron chi connectivity index (χ0n) is 13.4. The fourth-order valence-electron chi connectivity index (χ4n) is 2.18. The standard InChI is InChI=1S/C17H23BrN2O2/c1-17(2,3)22-16(21)20-10-8-13(9-11-20)12-19-15-7-5-4-6-14(15)18/h4-8,19H,9-12H2,1-3H3. The summed E-state index contributed by atoms with van der Waals surface area (Å²) in [5.41, 5.74) is 1.95. The van der Waals surface area contributed by atoms with Gasteiger partial charge in [0, 0.05) is 29.8 Å². The van der Waals surface area contributed by atoms with E-state index >= 15 is 0 Å². The Hall–Kier alpha value is -1.49. The molecule has 1 aliphatic rings. The van der Waals surface area contributed by atoms with Crippen LogP contribution in [0.3, 0.4) is 0 Å². The molecule has 0 unspecified atom stereocenters. The van der Waals surface area contributed by atoms with Gasteiger partial charge in [-0.3, -0.25) is 0 Å². The lowest BCUT2D eigenvalue weighted by molar-refractivity contribution is 0.0266. The predicted octanol–water partition coefficient (Wildman–Crippen LogP) is 4.43. The molecule has 0 aromatic heterocycles. The van der Waals surface area contributed by atoms with Crippen molar-refractivity contribution in [3.05, 3.63) is 40.4 Å². The van der Waals surface area contributed by atoms with Gasteiger partial charge in [-0.25, -0.2) is 4.79 Å². The van der Waals surface area contributed by atoms with Crippen molar-refractivity contribution in [3.8, 4) is 0 Å². The number of rotatable bonds is 3. The van der Waals surface area contributed by atoms with Crippen molar-refractivity contribution < 1.29 is 9.53 Å². The Morgan fingerprint density at radius 3 is 2.68 bits per heavy atom. The molecule has 4 nitrogen and oxygen atoms in total. The molecule has 0 fully saturated rings. The molecule has 1 aliphatic heterocycles. The van der Waals surface area contributed by atoms with Crippen molar-refractivity contribution in [3.63, 3.8) is 0 Å². The number of nitrogens with one attached hydrogen (secondary N) is 1. The van der Waals surface area contributed by atoms with E-state index in [2.05, 4.69) is 27.3 Å². The summed E-state index contributed by atoms with van der Waals surface area (Å²) in [5.74, 6) is 0. The maximum absolute atomic E-state index is 12.0. The Balaban J connectivity index is 1.84. The van der Waals surface area contributed by atoms with Crippen LogP contribution in [0.15, 0.2) is 40.4 Å². The van der Waals surface area contributed by atoms with Crippen LogP contribution in [0.2, 0.25) is 0 Å². The molecule has 0 saturated carbocycles. The van der Waals surface area contributed by atoms with Gasteiger partial charge in [0.05, 0.1) is 0 Å². The number of benzene rings is 1. The number of para-hydroxylation sites is 1. The smallest absolute Gasteiger partial charge is 0.410 e. The third kappa shape index (κ3) is 5.05. The first-order valence-corrected chi connectivity index (χ1v) is 8.29. The molecular formula is C17H23BrN2O2. The Kier molecular flexibility index (Phi) is 5.51. The van der Waals surface area contributed by atoms with Crippen molar-refractivity contribution in [2.75, 3.05) is 25.0 Å². The van der Waals surface area contributed by atoms with Crippen LogP contribution in [-0.4, -0.2) is 36.2 Å². The normalized spacial score (nSPS) is 15.3. The quantitative estimate of drug-likeness (QED) is 0.804. The van der Waals surface area contributed by atoms with E-state index < -0.39 is 5.60 Å². The number of hydrogen-bond donors (Lipinski definition) is 1. The number of anilines is 1. The summed E-state index contributed by atoms with van der Waals surface area (Å²) in [7, 11) is 0. The lowest BCUT2D eigenvalue weighted by Crippen LogP contribution is -2.39. The highest BCUT2D eigenvalue weighted by atomic mass is 79.9. The van der Waals surface area contributed by atoms with Crippen LogP contribution in [0.4, 0.5) is 10.5 Å². The molecule has 1 heterocycles. The van der Waals surface area contributed by atoms with Crippen molar-refractivity contribution in [1.82, 2.24) is 4.90 Å². The Bertz CT molecular complexity index is 564. The predicted molar refractivity (Wildman–Crippen MR) is 93.1 cm³/mol. The number of ether oxygens (including phenoxy) is 1. The van der Waals surface area contributed by atoms with Crippen LogP contribution < -0.4 is 5.32 Å². The summed E-state index contributed by atoms with van der Waals surface area (Å²) in [5, 5.41) is 3.42. The van der Waals surface area contributed by atoms with Crippen LogP contribution >= 0.6 is 15.9 Å². The van der Waals surface area contributed by atoms with Crippen molar-refractivity contribution in [2.24, 2.45) is 0 Å². The molecule has 0 atom stereocenters. The lowest BCUT2D eigenvalue weighted by Gasteiger charge is -2.29. The molecule has 1 aromatic carbocycles. The molecule has 22 heavy (non-hydrogen) atoms. The summed E-state index contributed by atoms with van der Waals surface area (Å²) in [6.45, 7) is 7.78. The van der Waals surface area contributed by atoms with Crippen LogP contribution in [0.5, 0.6) is 0 Å². The SMILES string of the molecule is CC(C)(C)OC(=O)N1CC=C(CNc2ccccc2Br)CC1. The number of carbonyl (C=O) groups is 1. The third-order valence-corrected chi connectivity index (χ3v) is 4.03. The van der Waals surface area contributed by atoms with Gasteiger partial charge in [0.25, 0.3) is 0 Å². The largest absolute Gasteiger partial charge is 0.444 e. The monoisotopic (exact) mass is 366 g/mol. The second kappa shape index (κ2) is 7.18. The fourth-order valence-corrected chi connectivity index (χ4v) is 2.60. The number of halogens is 1. The highest BCUT2D eigenvalue weighted by molar-refractivity contribution is 9.10. The highest BCUT2D eigenvalue weighted by Gasteiger charge is 2.23. The summed E-state index contributed by atoms with van der Waals surface area (Å²) >= 11 is 3.53. The molecule has 0 aliphatic carbocycles. The van der Waals surface area contributed by atoms with E-state index in [9.17, 15) is 4.79 Å². The van der Waals surface area contributed by atoms with E-state index in [4.69, 9.17) is 4.74 Å². The summed E-state index contributed by atoms with van der Waals surface area (Å²) in [6.07, 6.45) is 2.75. The van der Waals surface area contributed by atoms with E-state index in [1.54, 1.807) is 4.90 Å².